The number of aliphatic hydroxyl groups is 1. The van der Waals surface area contributed by atoms with Crippen molar-refractivity contribution >= 4 is 29.7 Å². The second kappa shape index (κ2) is 12.0. The average Bonchev–Trinajstić information content (AvgIpc) is 3.28. The molecule has 5 atom stereocenters. The molecule has 0 amide bonds. The first-order chi connectivity index (χ1) is 21.8. The number of benzene rings is 1. The Balaban J connectivity index is 1.36. The first-order valence-electron chi connectivity index (χ1n) is 16.1. The SMILES string of the molecule is CC(=O)C[C@@H](OC(=O)CCC(=O)OC1=CC[C@@]2(O)C3Cc4ccc(C(=O)OC(C)(C)C)c5c4[C@@]2(CCN3C)[C@H]1O5)C(=O)OC(C)(C)C. The zero-order valence-electron chi connectivity index (χ0n) is 28.4. The monoisotopic (exact) mass is 655 g/mol. The van der Waals surface area contributed by atoms with Crippen molar-refractivity contribution in [3.8, 4) is 5.75 Å². The molecule has 1 aromatic carbocycles. The van der Waals surface area contributed by atoms with E-state index in [-0.39, 0.29) is 42.4 Å². The minimum atomic E-state index is -1.43. The van der Waals surface area contributed by atoms with Crippen molar-refractivity contribution in [2.24, 2.45) is 0 Å². The molecule has 4 aliphatic rings. The number of Topliss-reactive ketones (excluding diaryl/α,β-unsaturated/α-hetero) is 1. The Morgan fingerprint density at radius 2 is 1.68 bits per heavy atom. The van der Waals surface area contributed by atoms with Gasteiger partial charge in [0.2, 0.25) is 6.10 Å². The highest BCUT2D eigenvalue weighted by atomic mass is 16.6. The topological polar surface area (TPSA) is 155 Å². The van der Waals surface area contributed by atoms with Gasteiger partial charge in [0.25, 0.3) is 0 Å². The molecular weight excluding hydrogens is 610 g/mol. The van der Waals surface area contributed by atoms with Gasteiger partial charge in [-0.1, -0.05) is 6.07 Å². The van der Waals surface area contributed by atoms with Crippen LogP contribution in [0.15, 0.2) is 24.0 Å². The average molecular weight is 656 g/mol. The maximum absolute atomic E-state index is 13.3. The summed E-state index contributed by atoms with van der Waals surface area (Å²) in [5, 5.41) is 12.4. The third kappa shape index (κ3) is 6.41. The number of ketones is 1. The summed E-state index contributed by atoms with van der Waals surface area (Å²) in [5.41, 5.74) is -1.91. The maximum Gasteiger partial charge on any atom is 0.348 e. The molecular formula is C35H45NO11. The van der Waals surface area contributed by atoms with Gasteiger partial charge in [0.15, 0.2) is 6.10 Å². The number of likely N-dealkylation sites (N-methyl/N-ethyl adjacent to an activating group) is 1. The summed E-state index contributed by atoms with van der Waals surface area (Å²) in [5.74, 6) is -2.87. The summed E-state index contributed by atoms with van der Waals surface area (Å²) >= 11 is 0. The summed E-state index contributed by atoms with van der Waals surface area (Å²) in [7, 11) is 1.98. The standard InChI is InChI=1S/C35H45NO11/c1-19(37)17-23(31(41)47-33(5,6)7)44-26(39)12-11-25(38)43-22-13-14-35(42)24-18-20-9-10-21(30(40)46-32(2,3)4)28-27(20)34(35,29(22)45-28)15-16-36(24)8/h9-10,13,23-24,29,42H,11-12,14-18H2,1-8H3/t23-,24?,29+,34+,35-/m1/s1. The number of hydrogen-bond acceptors (Lipinski definition) is 12. The Morgan fingerprint density at radius 3 is 2.32 bits per heavy atom. The van der Waals surface area contributed by atoms with E-state index in [1.54, 1.807) is 53.7 Å². The molecule has 0 saturated carbocycles. The normalized spacial score (nSPS) is 26.6. The highest BCUT2D eigenvalue weighted by Crippen LogP contribution is 2.64. The van der Waals surface area contributed by atoms with Gasteiger partial charge < -0.3 is 33.7 Å². The van der Waals surface area contributed by atoms with Crippen LogP contribution < -0.4 is 4.74 Å². The summed E-state index contributed by atoms with van der Waals surface area (Å²) < 4.78 is 28.6. The number of ether oxygens (including phenoxy) is 5. The van der Waals surface area contributed by atoms with Crippen LogP contribution in [0.1, 0.15) is 102 Å². The molecule has 1 spiro atoms. The molecule has 5 rings (SSSR count). The molecule has 12 nitrogen and oxygen atoms in total. The van der Waals surface area contributed by atoms with E-state index in [4.69, 9.17) is 23.7 Å². The van der Waals surface area contributed by atoms with Gasteiger partial charge in [-0.15, -0.1) is 0 Å². The van der Waals surface area contributed by atoms with Gasteiger partial charge in [-0.25, -0.2) is 9.59 Å². The van der Waals surface area contributed by atoms with E-state index in [1.165, 1.54) is 6.92 Å². The molecule has 1 aromatic rings. The third-order valence-electron chi connectivity index (χ3n) is 9.17. The van der Waals surface area contributed by atoms with Crippen LogP contribution in [0.2, 0.25) is 0 Å². The Hall–Kier alpha value is -3.77. The van der Waals surface area contributed by atoms with Crippen LogP contribution in [0.5, 0.6) is 5.75 Å². The largest absolute Gasteiger partial charge is 0.480 e. The Morgan fingerprint density at radius 1 is 1.02 bits per heavy atom. The van der Waals surface area contributed by atoms with Crippen molar-refractivity contribution in [1.82, 2.24) is 4.90 Å². The summed E-state index contributed by atoms with van der Waals surface area (Å²) in [6.45, 7) is 12.2. The van der Waals surface area contributed by atoms with Crippen molar-refractivity contribution in [1.29, 1.82) is 0 Å². The molecule has 0 radical (unpaired) electrons. The molecule has 1 unspecified atom stereocenters. The molecule has 2 aliphatic carbocycles. The summed E-state index contributed by atoms with van der Waals surface area (Å²) in [6.07, 6.45) is -0.605. The molecule has 12 heteroatoms. The lowest BCUT2D eigenvalue weighted by molar-refractivity contribution is -0.177. The second-order valence-corrected chi connectivity index (χ2v) is 15.0. The quantitative estimate of drug-likeness (QED) is 0.306. The Labute approximate surface area is 274 Å². The van der Waals surface area contributed by atoms with Crippen LogP contribution in [0.25, 0.3) is 0 Å². The molecule has 0 aromatic heterocycles. The molecule has 1 fully saturated rings. The van der Waals surface area contributed by atoms with E-state index in [0.29, 0.717) is 25.1 Å². The predicted molar refractivity (Wildman–Crippen MR) is 166 cm³/mol. The van der Waals surface area contributed by atoms with Crippen molar-refractivity contribution in [2.75, 3.05) is 13.6 Å². The van der Waals surface area contributed by atoms with Crippen molar-refractivity contribution in [3.05, 3.63) is 40.7 Å². The second-order valence-electron chi connectivity index (χ2n) is 15.0. The molecule has 2 aliphatic heterocycles. The van der Waals surface area contributed by atoms with Gasteiger partial charge in [0.05, 0.1) is 30.3 Å². The highest BCUT2D eigenvalue weighted by molar-refractivity contribution is 5.94. The van der Waals surface area contributed by atoms with Gasteiger partial charge >= 0.3 is 23.9 Å². The number of rotatable bonds is 9. The van der Waals surface area contributed by atoms with Gasteiger partial charge in [0, 0.05) is 18.0 Å². The van der Waals surface area contributed by atoms with Crippen LogP contribution in [0.3, 0.4) is 0 Å². The van der Waals surface area contributed by atoms with E-state index < -0.39 is 64.7 Å². The van der Waals surface area contributed by atoms with Gasteiger partial charge in [-0.05, 0) is 92.6 Å². The van der Waals surface area contributed by atoms with Crippen molar-refractivity contribution < 1.29 is 52.8 Å². The lowest BCUT2D eigenvalue weighted by atomic mass is 9.50. The number of carbonyl (C=O) groups is 5. The predicted octanol–water partition coefficient (Wildman–Crippen LogP) is 3.48. The number of carbonyl (C=O) groups excluding carboxylic acids is 5. The third-order valence-corrected chi connectivity index (χ3v) is 9.17. The Kier molecular flexibility index (Phi) is 8.85. The van der Waals surface area contributed by atoms with E-state index in [0.717, 1.165) is 11.1 Å². The van der Waals surface area contributed by atoms with E-state index in [9.17, 15) is 29.1 Å². The number of hydrogen-bond donors (Lipinski definition) is 1. The van der Waals surface area contributed by atoms with E-state index in [1.807, 2.05) is 13.1 Å². The fourth-order valence-corrected chi connectivity index (χ4v) is 7.35. The van der Waals surface area contributed by atoms with E-state index >= 15 is 0 Å². The molecule has 2 heterocycles. The van der Waals surface area contributed by atoms with Crippen LogP contribution in [-0.4, -0.2) is 88.3 Å². The fourth-order valence-electron chi connectivity index (χ4n) is 7.35. The van der Waals surface area contributed by atoms with Crippen LogP contribution in [0.4, 0.5) is 0 Å². The first-order valence-corrected chi connectivity index (χ1v) is 16.1. The maximum atomic E-state index is 13.3. The molecule has 1 saturated heterocycles. The van der Waals surface area contributed by atoms with Crippen molar-refractivity contribution in [3.63, 3.8) is 0 Å². The Bertz CT molecular complexity index is 1530. The first kappa shape index (κ1) is 34.6. The lowest BCUT2D eigenvalue weighted by Gasteiger charge is -2.61. The summed E-state index contributed by atoms with van der Waals surface area (Å²) in [6, 6.07) is 3.35. The van der Waals surface area contributed by atoms with Crippen LogP contribution in [0, 0.1) is 0 Å². The number of likely N-dealkylation sites (tertiary alicyclic amines) is 1. The van der Waals surface area contributed by atoms with Gasteiger partial charge in [0.1, 0.15) is 34.1 Å². The fraction of sp³-hybridized carbons (Fsp3) is 0.629. The highest BCUT2D eigenvalue weighted by Gasteiger charge is 2.72. The number of esters is 4. The minimum Gasteiger partial charge on any atom is -0.480 e. The zero-order valence-corrected chi connectivity index (χ0v) is 28.4. The van der Waals surface area contributed by atoms with Crippen LogP contribution in [-0.2, 0) is 50.0 Å². The molecule has 1 N–H and O–H groups in total. The number of piperidine rings is 1. The molecule has 2 bridgehead atoms. The van der Waals surface area contributed by atoms with Crippen molar-refractivity contribution in [2.45, 2.75) is 127 Å². The van der Waals surface area contributed by atoms with Crippen LogP contribution >= 0.6 is 0 Å². The minimum absolute atomic E-state index is 0.185. The zero-order chi connectivity index (χ0) is 34.7. The molecule has 256 valence electrons. The van der Waals surface area contributed by atoms with Gasteiger partial charge in [-0.3, -0.25) is 14.4 Å². The lowest BCUT2D eigenvalue weighted by Crippen LogP contribution is -2.74. The molecule has 47 heavy (non-hydrogen) atoms. The summed E-state index contributed by atoms with van der Waals surface area (Å²) in [4.78, 5) is 65.5. The smallest absolute Gasteiger partial charge is 0.348 e. The van der Waals surface area contributed by atoms with E-state index in [2.05, 4.69) is 4.90 Å². The number of nitrogens with zero attached hydrogens (tertiary/aromatic N) is 1. The van der Waals surface area contributed by atoms with Gasteiger partial charge in [-0.2, -0.15) is 0 Å².